The van der Waals surface area contributed by atoms with Crippen LogP contribution in [0.15, 0.2) is 36.4 Å². The van der Waals surface area contributed by atoms with Crippen LogP contribution in [0.3, 0.4) is 0 Å². The minimum Gasteiger partial charge on any atom is -0.497 e. The van der Waals surface area contributed by atoms with Gasteiger partial charge in [0.1, 0.15) is 17.4 Å². The lowest BCUT2D eigenvalue weighted by atomic mass is 9.73. The highest BCUT2D eigenvalue weighted by molar-refractivity contribution is 6.03. The highest BCUT2D eigenvalue weighted by atomic mass is 16.5. The smallest absolute Gasteiger partial charge is 0.246 e. The zero-order chi connectivity index (χ0) is 28.2. The number of anilines is 1. The average Bonchev–Trinajstić information content (AvgIpc) is 3.59. The van der Waals surface area contributed by atoms with Gasteiger partial charge in [-0.25, -0.2) is 0 Å². The summed E-state index contributed by atoms with van der Waals surface area (Å²) in [4.78, 5) is 44.3. The summed E-state index contributed by atoms with van der Waals surface area (Å²) in [7, 11) is 1.60. The number of likely N-dealkylation sites (tertiary alicyclic amines) is 1. The van der Waals surface area contributed by atoms with Crippen LogP contribution in [0, 0.1) is 29.6 Å². The SMILES string of the molecule is COc1ccc(NC(=O)[C@H]2[C@H]3C=C[C@@]4(O3)[C@H]2C(=O)N([C@@H]2CCCC[C@@H]2C)[C@@H]4C(=O)N[C@@H]2CCC[C@H](C)[C@@H]2C)cc1. The zero-order valence-corrected chi connectivity index (χ0v) is 24.1. The number of carbonyl (C=O) groups excluding carboxylic acids is 3. The summed E-state index contributed by atoms with van der Waals surface area (Å²) in [5.74, 6) is -0.0649. The molecule has 5 aliphatic rings. The zero-order valence-electron chi connectivity index (χ0n) is 24.1. The number of rotatable bonds is 6. The number of hydrogen-bond acceptors (Lipinski definition) is 5. The second-order valence-corrected chi connectivity index (χ2v) is 12.9. The van der Waals surface area contributed by atoms with Crippen molar-refractivity contribution in [1.82, 2.24) is 10.2 Å². The van der Waals surface area contributed by atoms with E-state index in [1.807, 2.05) is 17.1 Å². The second-order valence-electron chi connectivity index (χ2n) is 12.9. The molecule has 0 unspecified atom stereocenters. The van der Waals surface area contributed by atoms with Gasteiger partial charge in [-0.15, -0.1) is 0 Å². The van der Waals surface area contributed by atoms with Crippen LogP contribution in [-0.4, -0.2) is 59.6 Å². The third kappa shape index (κ3) is 4.34. The van der Waals surface area contributed by atoms with Crippen LogP contribution in [-0.2, 0) is 19.1 Å². The molecule has 3 amide bonds. The monoisotopic (exact) mass is 549 g/mol. The summed E-state index contributed by atoms with van der Waals surface area (Å²) in [6.07, 6.45) is 10.5. The molecule has 6 rings (SSSR count). The standard InChI is InChI=1S/C32H43N3O5/c1-18-9-7-10-23(20(18)3)34-30(37)28-32-17-16-25(40-32)26(29(36)33-21-12-14-22(39-4)15-13-21)27(32)31(38)35(28)24-11-6-5-8-19(24)2/h12-20,23-28H,5-11H2,1-4H3,(H,33,36)(H,34,37)/t18-,19-,20-,23+,24+,25+,26-,27+,28+,32+/m0/s1. The van der Waals surface area contributed by atoms with E-state index in [9.17, 15) is 14.4 Å². The van der Waals surface area contributed by atoms with Crippen molar-refractivity contribution < 1.29 is 23.9 Å². The van der Waals surface area contributed by atoms with Crippen LogP contribution in [0.4, 0.5) is 5.69 Å². The molecule has 2 saturated carbocycles. The molecule has 2 saturated heterocycles. The van der Waals surface area contributed by atoms with E-state index in [2.05, 4.69) is 31.4 Å². The van der Waals surface area contributed by atoms with Crippen LogP contribution in [0.2, 0.25) is 0 Å². The number of amides is 3. The van der Waals surface area contributed by atoms with Gasteiger partial charge in [0, 0.05) is 17.8 Å². The Labute approximate surface area is 237 Å². The highest BCUT2D eigenvalue weighted by Crippen LogP contribution is 2.56. The molecule has 1 aromatic carbocycles. The number of fused-ring (bicyclic) bond motifs is 1. The van der Waals surface area contributed by atoms with Crippen molar-refractivity contribution in [3.05, 3.63) is 36.4 Å². The van der Waals surface area contributed by atoms with Crippen LogP contribution in [0.5, 0.6) is 5.75 Å². The number of nitrogens with one attached hydrogen (secondary N) is 2. The molecule has 8 heteroatoms. The van der Waals surface area contributed by atoms with Gasteiger partial charge in [-0.3, -0.25) is 14.4 Å². The van der Waals surface area contributed by atoms with E-state index in [1.165, 1.54) is 6.42 Å². The van der Waals surface area contributed by atoms with Gasteiger partial charge < -0.3 is 25.0 Å². The molecule has 2 N–H and O–H groups in total. The molecule has 3 aliphatic heterocycles. The van der Waals surface area contributed by atoms with Crippen molar-refractivity contribution >= 4 is 23.4 Å². The molecule has 1 aromatic rings. The van der Waals surface area contributed by atoms with Crippen LogP contribution in [0.25, 0.3) is 0 Å². The maximum absolute atomic E-state index is 14.4. The van der Waals surface area contributed by atoms with Crippen molar-refractivity contribution in [2.24, 2.45) is 29.6 Å². The lowest BCUT2D eigenvalue weighted by molar-refractivity contribution is -0.146. The van der Waals surface area contributed by atoms with E-state index in [-0.39, 0.29) is 35.7 Å². The van der Waals surface area contributed by atoms with Gasteiger partial charge in [0.25, 0.3) is 0 Å². The van der Waals surface area contributed by atoms with E-state index in [0.717, 1.165) is 38.5 Å². The summed E-state index contributed by atoms with van der Waals surface area (Å²) in [6, 6.07) is 6.39. The molecule has 4 fully saturated rings. The first-order valence-electron chi connectivity index (χ1n) is 15.2. The number of nitrogens with zero attached hydrogens (tertiary/aromatic N) is 1. The number of benzene rings is 1. The third-order valence-electron chi connectivity index (χ3n) is 10.7. The van der Waals surface area contributed by atoms with E-state index >= 15 is 0 Å². The van der Waals surface area contributed by atoms with Gasteiger partial charge in [0.2, 0.25) is 17.7 Å². The molecule has 216 valence electrons. The molecular formula is C32H43N3O5. The molecule has 8 nitrogen and oxygen atoms in total. The molecule has 2 aliphatic carbocycles. The summed E-state index contributed by atoms with van der Waals surface area (Å²) in [6.45, 7) is 6.65. The van der Waals surface area contributed by atoms with E-state index in [0.29, 0.717) is 23.3 Å². The Kier molecular flexibility index (Phi) is 7.18. The summed E-state index contributed by atoms with van der Waals surface area (Å²) >= 11 is 0. The summed E-state index contributed by atoms with van der Waals surface area (Å²) < 4.78 is 11.8. The minimum atomic E-state index is -1.13. The fourth-order valence-corrected chi connectivity index (χ4v) is 8.22. The number of ether oxygens (including phenoxy) is 2. The van der Waals surface area contributed by atoms with Crippen molar-refractivity contribution in [3.8, 4) is 5.75 Å². The van der Waals surface area contributed by atoms with Crippen molar-refractivity contribution in [1.29, 1.82) is 0 Å². The van der Waals surface area contributed by atoms with E-state index in [1.54, 1.807) is 31.4 Å². The Balaban J connectivity index is 1.32. The number of hydrogen-bond donors (Lipinski definition) is 2. The second kappa shape index (κ2) is 10.5. The number of methoxy groups -OCH3 is 1. The fraction of sp³-hybridized carbons (Fsp3) is 0.656. The normalized spacial score (nSPS) is 40.1. The Hall–Kier alpha value is -2.87. The first kappa shape index (κ1) is 27.3. The summed E-state index contributed by atoms with van der Waals surface area (Å²) in [5, 5.41) is 6.37. The quantitative estimate of drug-likeness (QED) is 0.516. The predicted octanol–water partition coefficient (Wildman–Crippen LogP) is 4.30. The van der Waals surface area contributed by atoms with Crippen LogP contribution >= 0.6 is 0 Å². The first-order valence-corrected chi connectivity index (χ1v) is 15.2. The Morgan fingerprint density at radius 2 is 1.70 bits per heavy atom. The van der Waals surface area contributed by atoms with Gasteiger partial charge in [-0.1, -0.05) is 58.6 Å². The summed E-state index contributed by atoms with van der Waals surface area (Å²) in [5.41, 5.74) is -0.501. The topological polar surface area (TPSA) is 97.0 Å². The molecule has 10 atom stereocenters. The largest absolute Gasteiger partial charge is 0.497 e. The van der Waals surface area contributed by atoms with E-state index < -0.39 is 29.6 Å². The highest BCUT2D eigenvalue weighted by Gasteiger charge is 2.73. The minimum absolute atomic E-state index is 0.0407. The first-order chi connectivity index (χ1) is 19.2. The van der Waals surface area contributed by atoms with Gasteiger partial charge in [-0.2, -0.15) is 0 Å². The maximum Gasteiger partial charge on any atom is 0.246 e. The average molecular weight is 550 g/mol. The lowest BCUT2D eigenvalue weighted by Gasteiger charge is -2.42. The van der Waals surface area contributed by atoms with Crippen LogP contribution < -0.4 is 15.4 Å². The van der Waals surface area contributed by atoms with Gasteiger partial charge in [0.05, 0.1) is 25.0 Å². The van der Waals surface area contributed by atoms with Gasteiger partial charge >= 0.3 is 0 Å². The molecule has 1 spiro atoms. The number of carbonyl (C=O) groups is 3. The molecule has 0 radical (unpaired) electrons. The Morgan fingerprint density at radius 3 is 2.42 bits per heavy atom. The Morgan fingerprint density at radius 1 is 0.975 bits per heavy atom. The molecule has 40 heavy (non-hydrogen) atoms. The van der Waals surface area contributed by atoms with E-state index in [4.69, 9.17) is 9.47 Å². The fourth-order valence-electron chi connectivity index (χ4n) is 8.22. The van der Waals surface area contributed by atoms with Gasteiger partial charge in [0.15, 0.2) is 0 Å². The maximum atomic E-state index is 14.4. The molecular weight excluding hydrogens is 506 g/mol. The van der Waals surface area contributed by atoms with Crippen molar-refractivity contribution in [3.63, 3.8) is 0 Å². The third-order valence-corrected chi connectivity index (χ3v) is 10.7. The van der Waals surface area contributed by atoms with Crippen LogP contribution in [0.1, 0.15) is 65.7 Å². The molecule has 0 aromatic heterocycles. The molecule has 3 heterocycles. The Bertz CT molecular complexity index is 1180. The van der Waals surface area contributed by atoms with Crippen molar-refractivity contribution in [2.75, 3.05) is 12.4 Å². The van der Waals surface area contributed by atoms with Gasteiger partial charge in [-0.05, 0) is 61.3 Å². The lowest BCUT2D eigenvalue weighted by Crippen LogP contribution is -2.60. The molecule has 2 bridgehead atoms. The predicted molar refractivity (Wildman–Crippen MR) is 152 cm³/mol. The van der Waals surface area contributed by atoms with Crippen molar-refractivity contribution in [2.45, 2.75) is 95.5 Å².